The maximum absolute atomic E-state index is 13.0. The summed E-state index contributed by atoms with van der Waals surface area (Å²) in [7, 11) is -1.12. The molecule has 4 heterocycles. The number of piperidine rings is 1. The van der Waals surface area contributed by atoms with Crippen LogP contribution in [0.5, 0.6) is 5.88 Å². The number of hydrogen-bond donors (Lipinski definition) is 1. The lowest BCUT2D eigenvalue weighted by atomic mass is 9.85. The first kappa shape index (κ1) is 22.7. The third-order valence-corrected chi connectivity index (χ3v) is 7.43. The first-order valence-corrected chi connectivity index (χ1v) is 13.3. The molecule has 8 heteroatoms. The van der Waals surface area contributed by atoms with Gasteiger partial charge in [0.2, 0.25) is 11.8 Å². The maximum atomic E-state index is 13.0. The summed E-state index contributed by atoms with van der Waals surface area (Å²) < 4.78 is 27.3. The van der Waals surface area contributed by atoms with E-state index in [1.165, 1.54) is 0 Å². The second-order valence-corrected chi connectivity index (χ2v) is 10.1. The van der Waals surface area contributed by atoms with Gasteiger partial charge in [-0.1, -0.05) is 6.07 Å². The minimum atomic E-state index is -1.12. The quantitative estimate of drug-likeness (QED) is 0.751. The molecule has 1 aliphatic carbocycles. The van der Waals surface area contributed by atoms with Gasteiger partial charge in [0.15, 0.2) is 0 Å². The Kier molecular flexibility index (Phi) is 7.96. The van der Waals surface area contributed by atoms with Gasteiger partial charge >= 0.3 is 0 Å². The Hall–Kier alpha value is -1.51. The normalized spacial score (nSPS) is 31.4. The molecule has 5 rings (SSSR count). The summed E-state index contributed by atoms with van der Waals surface area (Å²) >= 11 is 0. The Morgan fingerprint density at radius 2 is 1.97 bits per heavy atom. The first-order valence-electron chi connectivity index (χ1n) is 11.7. The van der Waals surface area contributed by atoms with Crippen molar-refractivity contribution in [3.05, 3.63) is 23.9 Å². The average molecular weight is 450 g/mol. The molecule has 2 fully saturated rings. The number of fused-ring (bicyclic) bond motifs is 8. The van der Waals surface area contributed by atoms with Gasteiger partial charge in [-0.25, -0.2) is 13.9 Å². The van der Waals surface area contributed by atoms with Crippen LogP contribution in [0.25, 0.3) is 0 Å². The van der Waals surface area contributed by atoms with Crippen molar-refractivity contribution in [3.8, 4) is 5.88 Å². The van der Waals surface area contributed by atoms with E-state index in [0.29, 0.717) is 31.4 Å². The SMILES string of the molecule is CS(=O)NC1CCCN2C(=O)CCCCOc3cccc(n3)C3CCC(CC3)OCC12. The van der Waals surface area contributed by atoms with Crippen LogP contribution in [0.2, 0.25) is 0 Å². The first-order chi connectivity index (χ1) is 15.1. The van der Waals surface area contributed by atoms with Crippen molar-refractivity contribution in [1.82, 2.24) is 14.6 Å². The van der Waals surface area contributed by atoms with Crippen LogP contribution in [0.3, 0.4) is 0 Å². The van der Waals surface area contributed by atoms with Gasteiger partial charge in [-0.3, -0.25) is 4.79 Å². The third kappa shape index (κ3) is 6.05. The van der Waals surface area contributed by atoms with E-state index in [0.717, 1.165) is 63.6 Å². The summed E-state index contributed by atoms with van der Waals surface area (Å²) in [5.74, 6) is 1.29. The van der Waals surface area contributed by atoms with Crippen LogP contribution in [-0.4, -0.2) is 64.2 Å². The van der Waals surface area contributed by atoms with E-state index >= 15 is 0 Å². The number of hydrogen-bond acceptors (Lipinski definition) is 5. The highest BCUT2D eigenvalue weighted by Crippen LogP contribution is 2.34. The standard InChI is InChI=1S/C23H35N3O4S/c1-31(28)25-20-7-5-14-26-21(20)16-30-18-12-10-17(11-13-18)19-6-4-8-22(24-19)29-15-3-2-9-23(26)27/h4,6,8,17-18,20-21,25H,2-3,5,7,9-16H2,1H3. The Balaban J connectivity index is 1.49. The van der Waals surface area contributed by atoms with Crippen LogP contribution in [0.1, 0.15) is 69.4 Å². The summed E-state index contributed by atoms with van der Waals surface area (Å²) in [5, 5.41) is 0. The molecule has 3 unspecified atom stereocenters. The van der Waals surface area contributed by atoms with Crippen molar-refractivity contribution in [2.75, 3.05) is 26.0 Å². The zero-order valence-electron chi connectivity index (χ0n) is 18.5. The summed E-state index contributed by atoms with van der Waals surface area (Å²) in [6.45, 7) is 1.83. The highest BCUT2D eigenvalue weighted by molar-refractivity contribution is 7.82. The Morgan fingerprint density at radius 3 is 2.77 bits per heavy atom. The third-order valence-electron chi connectivity index (χ3n) is 6.79. The second-order valence-electron chi connectivity index (χ2n) is 8.99. The predicted octanol–water partition coefficient (Wildman–Crippen LogP) is 2.93. The van der Waals surface area contributed by atoms with Gasteiger partial charge in [-0.2, -0.15) is 0 Å². The minimum absolute atomic E-state index is 0.0102. The molecule has 4 bridgehead atoms. The smallest absolute Gasteiger partial charge is 0.222 e. The summed E-state index contributed by atoms with van der Waals surface area (Å²) in [6, 6.07) is 6.00. The molecule has 172 valence electrons. The number of carbonyl (C=O) groups excluding carboxylic acids is 1. The van der Waals surface area contributed by atoms with Crippen LogP contribution in [0.15, 0.2) is 18.2 Å². The fraction of sp³-hybridized carbons (Fsp3) is 0.739. The highest BCUT2D eigenvalue weighted by atomic mass is 32.2. The maximum Gasteiger partial charge on any atom is 0.222 e. The topological polar surface area (TPSA) is 80.8 Å². The molecule has 1 saturated heterocycles. The van der Waals surface area contributed by atoms with Crippen LogP contribution < -0.4 is 9.46 Å². The molecule has 1 saturated carbocycles. The average Bonchev–Trinajstić information content (AvgIpc) is 2.77. The molecule has 0 spiro atoms. The van der Waals surface area contributed by atoms with Crippen molar-refractivity contribution in [2.45, 2.75) is 81.9 Å². The molecule has 31 heavy (non-hydrogen) atoms. The number of amides is 1. The molecule has 1 aromatic rings. The largest absolute Gasteiger partial charge is 0.478 e. The van der Waals surface area contributed by atoms with Crippen LogP contribution in [-0.2, 0) is 20.5 Å². The van der Waals surface area contributed by atoms with E-state index in [4.69, 9.17) is 14.5 Å². The number of rotatable bonds is 2. The van der Waals surface area contributed by atoms with Crippen LogP contribution in [0.4, 0.5) is 0 Å². The van der Waals surface area contributed by atoms with E-state index in [2.05, 4.69) is 10.8 Å². The second kappa shape index (κ2) is 10.9. The number of nitrogens with one attached hydrogen (secondary N) is 1. The van der Waals surface area contributed by atoms with E-state index in [9.17, 15) is 9.00 Å². The van der Waals surface area contributed by atoms with Crippen molar-refractivity contribution in [3.63, 3.8) is 0 Å². The van der Waals surface area contributed by atoms with Gasteiger partial charge in [-0.15, -0.1) is 0 Å². The molecule has 0 radical (unpaired) electrons. The molecular formula is C23H35N3O4S. The van der Waals surface area contributed by atoms with Gasteiger partial charge in [0.05, 0.1) is 36.3 Å². The van der Waals surface area contributed by atoms with Crippen molar-refractivity contribution < 1.29 is 18.5 Å². The van der Waals surface area contributed by atoms with Gasteiger partial charge in [0, 0.05) is 42.9 Å². The van der Waals surface area contributed by atoms with Crippen LogP contribution >= 0.6 is 0 Å². The molecule has 3 atom stereocenters. The van der Waals surface area contributed by atoms with E-state index in [-0.39, 0.29) is 24.1 Å². The lowest BCUT2D eigenvalue weighted by Gasteiger charge is -2.42. The number of pyridine rings is 1. The monoisotopic (exact) mass is 449 g/mol. The molecule has 0 aromatic carbocycles. The van der Waals surface area contributed by atoms with Crippen molar-refractivity contribution in [1.29, 1.82) is 0 Å². The lowest BCUT2D eigenvalue weighted by molar-refractivity contribution is -0.138. The number of nitrogens with zero attached hydrogens (tertiary/aromatic N) is 2. The van der Waals surface area contributed by atoms with Gasteiger partial charge < -0.3 is 14.4 Å². The fourth-order valence-corrected chi connectivity index (χ4v) is 5.82. The summed E-state index contributed by atoms with van der Waals surface area (Å²) in [5.41, 5.74) is 1.11. The van der Waals surface area contributed by atoms with Gasteiger partial charge in [0.25, 0.3) is 0 Å². The highest BCUT2D eigenvalue weighted by Gasteiger charge is 2.36. The minimum Gasteiger partial charge on any atom is -0.478 e. The van der Waals surface area contributed by atoms with Crippen molar-refractivity contribution >= 4 is 16.9 Å². The number of aromatic nitrogens is 1. The van der Waals surface area contributed by atoms with E-state index in [1.54, 1.807) is 6.26 Å². The molecule has 3 aliphatic heterocycles. The zero-order valence-corrected chi connectivity index (χ0v) is 19.3. The Morgan fingerprint density at radius 1 is 1.13 bits per heavy atom. The Bertz CT molecular complexity index is 769. The van der Waals surface area contributed by atoms with Crippen molar-refractivity contribution in [2.24, 2.45) is 0 Å². The molecule has 7 nitrogen and oxygen atoms in total. The molecule has 1 N–H and O–H groups in total. The van der Waals surface area contributed by atoms with Gasteiger partial charge in [-0.05, 0) is 57.4 Å². The lowest BCUT2D eigenvalue weighted by Crippen LogP contribution is -2.58. The zero-order chi connectivity index (χ0) is 21.6. The Labute approximate surface area is 187 Å². The fourth-order valence-electron chi connectivity index (χ4n) is 5.12. The summed E-state index contributed by atoms with van der Waals surface area (Å²) in [6.07, 6.45) is 9.90. The van der Waals surface area contributed by atoms with E-state index in [1.807, 2.05) is 17.0 Å². The van der Waals surface area contributed by atoms with E-state index < -0.39 is 11.0 Å². The molecule has 1 amide bonds. The van der Waals surface area contributed by atoms with Gasteiger partial charge in [0.1, 0.15) is 0 Å². The summed E-state index contributed by atoms with van der Waals surface area (Å²) in [4.78, 5) is 19.8. The predicted molar refractivity (Wildman–Crippen MR) is 120 cm³/mol. The number of ether oxygens (including phenoxy) is 2. The molecule has 1 aromatic heterocycles. The molecule has 4 aliphatic rings. The molecular weight excluding hydrogens is 414 g/mol. The number of carbonyl (C=O) groups is 1. The van der Waals surface area contributed by atoms with Crippen LogP contribution in [0, 0.1) is 0 Å².